The van der Waals surface area contributed by atoms with Gasteiger partial charge in [-0.25, -0.2) is 4.39 Å². The lowest BCUT2D eigenvalue weighted by Crippen LogP contribution is -2.17. The van der Waals surface area contributed by atoms with Gasteiger partial charge < -0.3 is 5.32 Å². The number of hydrogen-bond donors (Lipinski definition) is 2. The van der Waals surface area contributed by atoms with Crippen LogP contribution in [0.15, 0.2) is 36.7 Å². The van der Waals surface area contributed by atoms with Crippen LogP contribution < -0.4 is 5.32 Å². The molecule has 10 heteroatoms. The van der Waals surface area contributed by atoms with Crippen molar-refractivity contribution >= 4 is 10.9 Å². The van der Waals surface area contributed by atoms with Gasteiger partial charge in [-0.2, -0.15) is 28.6 Å². The van der Waals surface area contributed by atoms with Crippen molar-refractivity contribution in [1.29, 1.82) is 5.26 Å². The highest BCUT2D eigenvalue weighted by atomic mass is 19.4. The van der Waals surface area contributed by atoms with Crippen molar-refractivity contribution in [2.45, 2.75) is 26.2 Å². The van der Waals surface area contributed by atoms with Crippen molar-refractivity contribution in [3.8, 4) is 28.5 Å². The number of nitrogens with one attached hydrogen (secondary N) is 2. The smallest absolute Gasteiger partial charge is 0.316 e. The third-order valence-electron chi connectivity index (χ3n) is 5.07. The van der Waals surface area contributed by atoms with Crippen LogP contribution in [0.5, 0.6) is 0 Å². The van der Waals surface area contributed by atoms with E-state index in [1.807, 2.05) is 6.07 Å². The summed E-state index contributed by atoms with van der Waals surface area (Å²) >= 11 is 0. The highest BCUT2D eigenvalue weighted by Crippen LogP contribution is 2.36. The van der Waals surface area contributed by atoms with E-state index < -0.39 is 18.5 Å². The van der Waals surface area contributed by atoms with E-state index in [1.165, 1.54) is 18.5 Å². The fourth-order valence-electron chi connectivity index (χ4n) is 3.80. The average molecular weight is 442 g/mol. The molecular formula is C22H18F4N6. The molecule has 2 aromatic carbocycles. The second kappa shape index (κ2) is 8.09. The van der Waals surface area contributed by atoms with Crippen molar-refractivity contribution in [1.82, 2.24) is 25.3 Å². The molecule has 0 fully saturated rings. The van der Waals surface area contributed by atoms with Crippen LogP contribution in [0, 0.1) is 24.1 Å². The summed E-state index contributed by atoms with van der Waals surface area (Å²) in [5.41, 5.74) is 3.61. The van der Waals surface area contributed by atoms with Gasteiger partial charge in [-0.15, -0.1) is 0 Å². The van der Waals surface area contributed by atoms with Crippen molar-refractivity contribution in [3.05, 3.63) is 59.2 Å². The van der Waals surface area contributed by atoms with Crippen LogP contribution in [0.3, 0.4) is 0 Å². The summed E-state index contributed by atoms with van der Waals surface area (Å²) in [5.74, 6) is -0.464. The molecule has 0 aliphatic carbocycles. The highest BCUT2D eigenvalue weighted by Gasteiger charge is 2.28. The first-order valence-corrected chi connectivity index (χ1v) is 9.66. The number of aryl methyl sites for hydroxylation is 1. The second-order valence-electron chi connectivity index (χ2n) is 7.47. The largest absolute Gasteiger partial charge is 0.408 e. The molecule has 0 unspecified atom stereocenters. The van der Waals surface area contributed by atoms with Crippen LogP contribution in [0.1, 0.15) is 16.7 Å². The van der Waals surface area contributed by atoms with Gasteiger partial charge in [-0.3, -0.25) is 9.78 Å². The van der Waals surface area contributed by atoms with Crippen LogP contribution in [0.4, 0.5) is 17.6 Å². The molecule has 0 radical (unpaired) electrons. The van der Waals surface area contributed by atoms with Gasteiger partial charge in [0.1, 0.15) is 18.1 Å². The standard InChI is InChI=1S/C22H18F4N6/c1-12-3-13(8-28-2)4-18(23)20(12)16-6-17-19(5-14(16)7-27)30-31-21(17)15-9-29-32(10-15)11-22(24,25)26/h3-6,9-10,28H,8,11H2,1-2H3,(H,30,31). The summed E-state index contributed by atoms with van der Waals surface area (Å²) in [7, 11) is 1.76. The summed E-state index contributed by atoms with van der Waals surface area (Å²) in [4.78, 5) is 0. The van der Waals surface area contributed by atoms with E-state index in [1.54, 1.807) is 26.1 Å². The van der Waals surface area contributed by atoms with Crippen LogP contribution in [0.25, 0.3) is 33.3 Å². The van der Waals surface area contributed by atoms with Gasteiger partial charge in [0.25, 0.3) is 0 Å². The molecule has 2 aromatic heterocycles. The van der Waals surface area contributed by atoms with Crippen molar-refractivity contribution in [3.63, 3.8) is 0 Å². The van der Waals surface area contributed by atoms with Gasteiger partial charge in [-0.1, -0.05) is 6.07 Å². The third-order valence-corrected chi connectivity index (χ3v) is 5.07. The molecule has 0 saturated heterocycles. The molecule has 0 bridgehead atoms. The normalized spacial score (nSPS) is 11.8. The number of rotatable bonds is 5. The van der Waals surface area contributed by atoms with E-state index >= 15 is 4.39 Å². The SMILES string of the molecule is CNCc1cc(C)c(-c2cc3c(-c4cnn(CC(F)(F)F)c4)n[nH]c3cc2C#N)c(F)c1. The molecule has 0 amide bonds. The Morgan fingerprint density at radius 3 is 2.66 bits per heavy atom. The highest BCUT2D eigenvalue weighted by molar-refractivity contribution is 5.97. The minimum absolute atomic E-state index is 0.254. The second-order valence-corrected chi connectivity index (χ2v) is 7.47. The van der Waals surface area contributed by atoms with E-state index in [2.05, 4.69) is 26.7 Å². The summed E-state index contributed by atoms with van der Waals surface area (Å²) in [5, 5.41) is 23.9. The predicted molar refractivity (Wildman–Crippen MR) is 111 cm³/mol. The molecule has 4 aromatic rings. The molecule has 0 aliphatic rings. The van der Waals surface area contributed by atoms with Crippen LogP contribution in [-0.4, -0.2) is 33.2 Å². The van der Waals surface area contributed by atoms with Crippen LogP contribution in [-0.2, 0) is 13.1 Å². The number of fused-ring (bicyclic) bond motifs is 1. The summed E-state index contributed by atoms with van der Waals surface area (Å²) in [6.07, 6.45) is -1.86. The fourth-order valence-corrected chi connectivity index (χ4v) is 3.80. The van der Waals surface area contributed by atoms with E-state index in [0.717, 1.165) is 10.2 Å². The Morgan fingerprint density at radius 2 is 2.00 bits per heavy atom. The number of nitriles is 1. The maximum Gasteiger partial charge on any atom is 0.408 e. The Hall–Kier alpha value is -3.71. The molecule has 6 nitrogen and oxygen atoms in total. The fraction of sp³-hybridized carbons (Fsp3) is 0.227. The number of nitrogens with zero attached hydrogens (tertiary/aromatic N) is 4. The quantitative estimate of drug-likeness (QED) is 0.439. The van der Waals surface area contributed by atoms with E-state index in [4.69, 9.17) is 0 Å². The van der Waals surface area contributed by atoms with Crippen molar-refractivity contribution in [2.75, 3.05) is 7.05 Å². The Balaban J connectivity index is 1.85. The van der Waals surface area contributed by atoms with E-state index in [0.29, 0.717) is 45.4 Å². The number of hydrogen-bond acceptors (Lipinski definition) is 4. The zero-order valence-corrected chi connectivity index (χ0v) is 17.2. The summed E-state index contributed by atoms with van der Waals surface area (Å²) in [6.45, 7) is 1.04. The third kappa shape index (κ3) is 4.07. The number of halogens is 4. The van der Waals surface area contributed by atoms with E-state index in [9.17, 15) is 18.4 Å². The van der Waals surface area contributed by atoms with E-state index in [-0.39, 0.29) is 5.56 Å². The number of alkyl halides is 3. The molecule has 0 aliphatic heterocycles. The lowest BCUT2D eigenvalue weighted by atomic mass is 9.92. The van der Waals surface area contributed by atoms with Gasteiger partial charge in [0.2, 0.25) is 0 Å². The first kappa shape index (κ1) is 21.5. The van der Waals surface area contributed by atoms with Crippen molar-refractivity contribution < 1.29 is 17.6 Å². The minimum atomic E-state index is -4.40. The Labute approximate surface area is 180 Å². The summed E-state index contributed by atoms with van der Waals surface area (Å²) in [6, 6.07) is 8.55. The van der Waals surface area contributed by atoms with Gasteiger partial charge in [0, 0.05) is 34.8 Å². The number of H-pyrrole nitrogens is 1. The van der Waals surface area contributed by atoms with Gasteiger partial charge in [-0.05, 0) is 43.3 Å². The maximum absolute atomic E-state index is 15.1. The maximum atomic E-state index is 15.1. The predicted octanol–water partition coefficient (Wildman–Crippen LogP) is 4.69. The van der Waals surface area contributed by atoms with Gasteiger partial charge in [0.05, 0.1) is 23.3 Å². The van der Waals surface area contributed by atoms with Crippen LogP contribution in [0.2, 0.25) is 0 Å². The topological polar surface area (TPSA) is 82.3 Å². The van der Waals surface area contributed by atoms with Gasteiger partial charge >= 0.3 is 6.18 Å². The molecule has 2 N–H and O–H groups in total. The lowest BCUT2D eigenvalue weighted by Gasteiger charge is -2.12. The first-order chi connectivity index (χ1) is 15.2. The number of benzene rings is 2. The lowest BCUT2D eigenvalue weighted by molar-refractivity contribution is -0.142. The first-order valence-electron chi connectivity index (χ1n) is 9.66. The monoisotopic (exact) mass is 442 g/mol. The Bertz CT molecular complexity index is 1320. The Kier molecular flexibility index (Phi) is 5.44. The average Bonchev–Trinajstić information content (AvgIpc) is 3.32. The molecule has 4 rings (SSSR count). The minimum Gasteiger partial charge on any atom is -0.316 e. The van der Waals surface area contributed by atoms with Crippen molar-refractivity contribution in [2.24, 2.45) is 0 Å². The molecule has 32 heavy (non-hydrogen) atoms. The zero-order valence-electron chi connectivity index (χ0n) is 17.2. The molecule has 0 spiro atoms. The van der Waals surface area contributed by atoms with Gasteiger partial charge in [0.15, 0.2) is 0 Å². The molecule has 0 atom stereocenters. The molecular weight excluding hydrogens is 424 g/mol. The zero-order chi connectivity index (χ0) is 23.0. The summed E-state index contributed by atoms with van der Waals surface area (Å²) < 4.78 is 53.9. The molecule has 164 valence electrons. The number of aromatic amines is 1. The van der Waals surface area contributed by atoms with Crippen LogP contribution >= 0.6 is 0 Å². The molecule has 0 saturated carbocycles. The number of aromatic nitrogens is 4. The Morgan fingerprint density at radius 1 is 1.22 bits per heavy atom. The molecule has 2 heterocycles.